The van der Waals surface area contributed by atoms with E-state index in [-0.39, 0.29) is 0 Å². The topological polar surface area (TPSA) is 12.0 Å². The molecule has 1 aliphatic rings. The molecule has 76 valence electrons. The van der Waals surface area contributed by atoms with Crippen molar-refractivity contribution in [2.45, 2.75) is 26.2 Å². The molecule has 0 heterocycles. The van der Waals surface area contributed by atoms with E-state index in [1.54, 1.807) is 0 Å². The maximum Gasteiger partial charge on any atom is -0.00175 e. The summed E-state index contributed by atoms with van der Waals surface area (Å²) in [5, 5.41) is 3.26. The summed E-state index contributed by atoms with van der Waals surface area (Å²) in [6.45, 7) is 5.54. The van der Waals surface area contributed by atoms with Crippen LogP contribution in [0.15, 0.2) is 18.2 Å². The van der Waals surface area contributed by atoms with Gasteiger partial charge in [0.2, 0.25) is 0 Å². The van der Waals surface area contributed by atoms with Gasteiger partial charge in [-0.05, 0) is 62.4 Å². The number of benzene rings is 1. The summed E-state index contributed by atoms with van der Waals surface area (Å²) in [4.78, 5) is 0. The van der Waals surface area contributed by atoms with Crippen LogP contribution in [-0.2, 0) is 0 Å². The summed E-state index contributed by atoms with van der Waals surface area (Å²) in [5.74, 6) is 1.70. The molecule has 2 atom stereocenters. The molecule has 0 bridgehead atoms. The summed E-state index contributed by atoms with van der Waals surface area (Å²) in [5.41, 5.74) is 4.37. The van der Waals surface area contributed by atoms with Crippen molar-refractivity contribution in [2.75, 3.05) is 13.6 Å². The lowest BCUT2D eigenvalue weighted by Gasteiger charge is -2.04. The molecular formula is C13H19N. The molecule has 1 nitrogen and oxygen atoms in total. The number of aryl methyl sites for hydroxylation is 2. The maximum absolute atomic E-state index is 3.26. The van der Waals surface area contributed by atoms with Crippen molar-refractivity contribution in [3.05, 3.63) is 34.9 Å². The summed E-state index contributed by atoms with van der Waals surface area (Å²) < 4.78 is 0. The first-order chi connectivity index (χ1) is 6.72. The van der Waals surface area contributed by atoms with Crippen molar-refractivity contribution >= 4 is 0 Å². The molecular weight excluding hydrogens is 170 g/mol. The van der Waals surface area contributed by atoms with E-state index in [1.165, 1.54) is 23.1 Å². The van der Waals surface area contributed by atoms with Gasteiger partial charge in [-0.2, -0.15) is 0 Å². The minimum atomic E-state index is 0.821. The Morgan fingerprint density at radius 1 is 1.29 bits per heavy atom. The van der Waals surface area contributed by atoms with Crippen LogP contribution in [-0.4, -0.2) is 13.6 Å². The maximum atomic E-state index is 3.26. The van der Waals surface area contributed by atoms with Crippen LogP contribution in [0.2, 0.25) is 0 Å². The van der Waals surface area contributed by atoms with Crippen LogP contribution in [0.1, 0.15) is 29.0 Å². The van der Waals surface area contributed by atoms with Crippen molar-refractivity contribution in [3.8, 4) is 0 Å². The monoisotopic (exact) mass is 189 g/mol. The van der Waals surface area contributed by atoms with E-state index in [0.29, 0.717) is 0 Å². The SMILES string of the molecule is CNC[C@H]1C[C@@H]1c1ccc(C)c(C)c1. The van der Waals surface area contributed by atoms with Crippen LogP contribution < -0.4 is 5.32 Å². The van der Waals surface area contributed by atoms with Gasteiger partial charge in [-0.25, -0.2) is 0 Å². The van der Waals surface area contributed by atoms with E-state index >= 15 is 0 Å². The number of rotatable bonds is 3. The first-order valence-corrected chi connectivity index (χ1v) is 5.44. The van der Waals surface area contributed by atoms with Gasteiger partial charge < -0.3 is 5.32 Å². The van der Waals surface area contributed by atoms with Crippen molar-refractivity contribution in [1.82, 2.24) is 5.32 Å². The Morgan fingerprint density at radius 3 is 2.71 bits per heavy atom. The van der Waals surface area contributed by atoms with Crippen LogP contribution in [0.4, 0.5) is 0 Å². The predicted octanol–water partition coefficient (Wildman–Crippen LogP) is 2.63. The van der Waals surface area contributed by atoms with Gasteiger partial charge in [0.1, 0.15) is 0 Å². The van der Waals surface area contributed by atoms with Gasteiger partial charge in [-0.3, -0.25) is 0 Å². The Morgan fingerprint density at radius 2 is 2.07 bits per heavy atom. The predicted molar refractivity (Wildman–Crippen MR) is 60.7 cm³/mol. The van der Waals surface area contributed by atoms with Gasteiger partial charge in [0.05, 0.1) is 0 Å². The molecule has 0 aromatic heterocycles. The highest BCUT2D eigenvalue weighted by molar-refractivity contribution is 5.34. The Balaban J connectivity index is 2.08. The van der Waals surface area contributed by atoms with Crippen molar-refractivity contribution < 1.29 is 0 Å². The summed E-state index contributed by atoms with van der Waals surface area (Å²) >= 11 is 0. The Kier molecular flexibility index (Phi) is 2.60. The molecule has 14 heavy (non-hydrogen) atoms. The Bertz CT molecular complexity index is 330. The lowest BCUT2D eigenvalue weighted by atomic mass is 10.0. The van der Waals surface area contributed by atoms with E-state index in [1.807, 2.05) is 7.05 Å². The molecule has 1 aromatic rings. The molecule has 0 radical (unpaired) electrons. The van der Waals surface area contributed by atoms with Gasteiger partial charge >= 0.3 is 0 Å². The fourth-order valence-electron chi connectivity index (χ4n) is 2.14. The van der Waals surface area contributed by atoms with E-state index in [0.717, 1.165) is 18.4 Å². The lowest BCUT2D eigenvalue weighted by Crippen LogP contribution is -2.10. The first kappa shape index (κ1) is 9.72. The van der Waals surface area contributed by atoms with Gasteiger partial charge in [0.25, 0.3) is 0 Å². The summed E-state index contributed by atoms with van der Waals surface area (Å²) in [6, 6.07) is 6.90. The summed E-state index contributed by atoms with van der Waals surface area (Å²) in [7, 11) is 2.04. The van der Waals surface area contributed by atoms with E-state index in [4.69, 9.17) is 0 Å². The highest BCUT2D eigenvalue weighted by Gasteiger charge is 2.37. The van der Waals surface area contributed by atoms with E-state index < -0.39 is 0 Å². The zero-order valence-electron chi connectivity index (χ0n) is 9.30. The van der Waals surface area contributed by atoms with E-state index in [2.05, 4.69) is 37.4 Å². The van der Waals surface area contributed by atoms with Gasteiger partial charge in [-0.15, -0.1) is 0 Å². The largest absolute Gasteiger partial charge is 0.319 e. The second-order valence-electron chi connectivity index (χ2n) is 4.50. The standard InChI is InChI=1S/C13H19N/c1-9-4-5-11(6-10(9)2)13-7-12(13)8-14-3/h4-6,12-14H,7-8H2,1-3H3/t12-,13-/m1/s1. The molecule has 1 aliphatic carbocycles. The fraction of sp³-hybridized carbons (Fsp3) is 0.538. The third kappa shape index (κ3) is 1.83. The van der Waals surface area contributed by atoms with Crippen molar-refractivity contribution in [2.24, 2.45) is 5.92 Å². The van der Waals surface area contributed by atoms with Crippen molar-refractivity contribution in [1.29, 1.82) is 0 Å². The van der Waals surface area contributed by atoms with Crippen molar-refractivity contribution in [3.63, 3.8) is 0 Å². The Hall–Kier alpha value is -0.820. The second-order valence-corrected chi connectivity index (χ2v) is 4.50. The molecule has 1 aromatic carbocycles. The highest BCUT2D eigenvalue weighted by atomic mass is 14.8. The van der Waals surface area contributed by atoms with Crippen LogP contribution in [0.5, 0.6) is 0 Å². The molecule has 2 rings (SSSR count). The van der Waals surface area contributed by atoms with Gasteiger partial charge in [-0.1, -0.05) is 18.2 Å². The van der Waals surface area contributed by atoms with Crippen LogP contribution in [0.3, 0.4) is 0 Å². The number of hydrogen-bond acceptors (Lipinski definition) is 1. The molecule has 0 saturated heterocycles. The van der Waals surface area contributed by atoms with Crippen LogP contribution in [0.25, 0.3) is 0 Å². The normalized spacial score (nSPS) is 25.1. The molecule has 1 N–H and O–H groups in total. The zero-order chi connectivity index (χ0) is 10.1. The molecule has 1 heteroatoms. The Labute approximate surface area is 86.5 Å². The number of hydrogen-bond donors (Lipinski definition) is 1. The molecule has 0 amide bonds. The average Bonchev–Trinajstić information content (AvgIpc) is 2.90. The smallest absolute Gasteiger partial charge is 0.00175 e. The molecule has 0 unspecified atom stereocenters. The molecule has 1 saturated carbocycles. The van der Waals surface area contributed by atoms with Gasteiger partial charge in [0.15, 0.2) is 0 Å². The number of nitrogens with one attached hydrogen (secondary N) is 1. The fourth-order valence-corrected chi connectivity index (χ4v) is 2.14. The third-order valence-electron chi connectivity index (χ3n) is 3.35. The average molecular weight is 189 g/mol. The third-order valence-corrected chi connectivity index (χ3v) is 3.35. The van der Waals surface area contributed by atoms with Crippen LogP contribution in [0, 0.1) is 19.8 Å². The quantitative estimate of drug-likeness (QED) is 0.770. The van der Waals surface area contributed by atoms with Gasteiger partial charge in [0, 0.05) is 0 Å². The highest BCUT2D eigenvalue weighted by Crippen LogP contribution is 2.47. The van der Waals surface area contributed by atoms with Crippen LogP contribution >= 0.6 is 0 Å². The van der Waals surface area contributed by atoms with E-state index in [9.17, 15) is 0 Å². The molecule has 0 aliphatic heterocycles. The summed E-state index contributed by atoms with van der Waals surface area (Å²) in [6.07, 6.45) is 1.36. The molecule has 0 spiro atoms. The zero-order valence-corrected chi connectivity index (χ0v) is 9.30. The minimum Gasteiger partial charge on any atom is -0.319 e. The first-order valence-electron chi connectivity index (χ1n) is 5.44. The second kappa shape index (κ2) is 3.74. The lowest BCUT2D eigenvalue weighted by molar-refractivity contribution is 0.698. The molecule has 1 fully saturated rings. The minimum absolute atomic E-state index is 0.821.